The maximum Gasteiger partial charge on any atom is 0.268 e. The SMILES string of the molecule is CC(NC(=O)c1cc(S(=O)(=O)N2CCOCC2)c[nH]1)c1cc(F)ccc1F. The van der Waals surface area contributed by atoms with Crippen molar-refractivity contribution in [3.8, 4) is 0 Å². The fourth-order valence-electron chi connectivity index (χ4n) is 2.79. The molecule has 2 heterocycles. The van der Waals surface area contributed by atoms with Crippen molar-refractivity contribution in [3.05, 3.63) is 53.4 Å². The Morgan fingerprint density at radius 2 is 1.96 bits per heavy atom. The molecule has 1 aliphatic rings. The Bertz CT molecular complexity index is 939. The van der Waals surface area contributed by atoms with Crippen LogP contribution in [0.3, 0.4) is 0 Å². The van der Waals surface area contributed by atoms with Gasteiger partial charge in [-0.25, -0.2) is 17.2 Å². The van der Waals surface area contributed by atoms with Crippen molar-refractivity contribution in [2.75, 3.05) is 26.3 Å². The second kappa shape index (κ2) is 7.75. The number of carbonyl (C=O) groups is 1. The molecule has 0 spiro atoms. The number of aromatic amines is 1. The van der Waals surface area contributed by atoms with E-state index in [0.717, 1.165) is 18.2 Å². The molecule has 1 fully saturated rings. The Morgan fingerprint density at radius 3 is 2.67 bits per heavy atom. The number of H-pyrrole nitrogens is 1. The number of hydrogen-bond donors (Lipinski definition) is 2. The Balaban J connectivity index is 1.74. The summed E-state index contributed by atoms with van der Waals surface area (Å²) in [6.45, 7) is 2.61. The number of nitrogens with zero attached hydrogens (tertiary/aromatic N) is 1. The monoisotopic (exact) mass is 399 g/mol. The third kappa shape index (κ3) is 4.18. The van der Waals surface area contributed by atoms with Crippen LogP contribution in [0.4, 0.5) is 8.78 Å². The molecule has 1 aromatic carbocycles. The largest absolute Gasteiger partial charge is 0.379 e. The molecule has 0 saturated carbocycles. The summed E-state index contributed by atoms with van der Waals surface area (Å²) in [6, 6.07) is 3.38. The van der Waals surface area contributed by atoms with Crippen LogP contribution in [0.15, 0.2) is 35.4 Å². The molecular weight excluding hydrogens is 380 g/mol. The summed E-state index contributed by atoms with van der Waals surface area (Å²) in [5.74, 6) is -1.90. The molecule has 1 aliphatic heterocycles. The topological polar surface area (TPSA) is 91.5 Å². The molecule has 146 valence electrons. The summed E-state index contributed by atoms with van der Waals surface area (Å²) < 4.78 is 58.7. The lowest BCUT2D eigenvalue weighted by molar-refractivity contribution is 0.0730. The highest BCUT2D eigenvalue weighted by Crippen LogP contribution is 2.20. The number of carbonyl (C=O) groups excluding carboxylic acids is 1. The fourth-order valence-corrected chi connectivity index (χ4v) is 4.19. The Labute approximate surface area is 155 Å². The van der Waals surface area contributed by atoms with Gasteiger partial charge in [-0.15, -0.1) is 0 Å². The van der Waals surface area contributed by atoms with Gasteiger partial charge in [0, 0.05) is 24.8 Å². The van der Waals surface area contributed by atoms with Crippen LogP contribution in [-0.4, -0.2) is 49.9 Å². The molecular formula is C17H19F2N3O4S. The Morgan fingerprint density at radius 1 is 1.26 bits per heavy atom. The molecule has 27 heavy (non-hydrogen) atoms. The molecule has 1 saturated heterocycles. The predicted octanol–water partition coefficient (Wildman–Crippen LogP) is 1.80. The molecule has 0 aliphatic carbocycles. The minimum atomic E-state index is -3.74. The molecule has 1 unspecified atom stereocenters. The lowest BCUT2D eigenvalue weighted by Gasteiger charge is -2.25. The van der Waals surface area contributed by atoms with E-state index in [-0.39, 0.29) is 29.2 Å². The number of rotatable bonds is 5. The van der Waals surface area contributed by atoms with Crippen LogP contribution in [0.2, 0.25) is 0 Å². The number of halogens is 2. The van der Waals surface area contributed by atoms with E-state index >= 15 is 0 Å². The fraction of sp³-hybridized carbons (Fsp3) is 0.353. The normalized spacial score (nSPS) is 16.9. The number of hydrogen-bond acceptors (Lipinski definition) is 4. The first-order valence-electron chi connectivity index (χ1n) is 8.31. The van der Waals surface area contributed by atoms with E-state index in [1.54, 1.807) is 0 Å². The summed E-state index contributed by atoms with van der Waals surface area (Å²) >= 11 is 0. The van der Waals surface area contributed by atoms with E-state index in [0.29, 0.717) is 13.2 Å². The molecule has 2 aromatic rings. The van der Waals surface area contributed by atoms with E-state index in [9.17, 15) is 22.0 Å². The van der Waals surface area contributed by atoms with Gasteiger partial charge in [0.1, 0.15) is 22.2 Å². The maximum absolute atomic E-state index is 13.8. The van der Waals surface area contributed by atoms with Gasteiger partial charge in [0.05, 0.1) is 19.3 Å². The molecule has 1 aromatic heterocycles. The summed E-state index contributed by atoms with van der Waals surface area (Å²) in [5.41, 5.74) is 0.00145. The number of morpholine rings is 1. The lowest BCUT2D eigenvalue weighted by atomic mass is 10.1. The summed E-state index contributed by atoms with van der Waals surface area (Å²) in [4.78, 5) is 14.9. The van der Waals surface area contributed by atoms with Crippen molar-refractivity contribution in [2.45, 2.75) is 17.9 Å². The zero-order valence-corrected chi connectivity index (χ0v) is 15.4. The van der Waals surface area contributed by atoms with Gasteiger partial charge in [-0.05, 0) is 31.2 Å². The van der Waals surface area contributed by atoms with Crippen molar-refractivity contribution in [3.63, 3.8) is 0 Å². The van der Waals surface area contributed by atoms with E-state index in [1.165, 1.54) is 23.5 Å². The number of sulfonamides is 1. The third-order valence-electron chi connectivity index (χ3n) is 4.28. The van der Waals surface area contributed by atoms with Crippen molar-refractivity contribution in [2.24, 2.45) is 0 Å². The zero-order valence-electron chi connectivity index (χ0n) is 14.5. The van der Waals surface area contributed by atoms with Gasteiger partial charge in [0.25, 0.3) is 5.91 Å². The number of benzene rings is 1. The molecule has 10 heteroatoms. The summed E-state index contributed by atoms with van der Waals surface area (Å²) in [6.07, 6.45) is 1.23. The van der Waals surface area contributed by atoms with Gasteiger partial charge in [0.15, 0.2) is 0 Å². The van der Waals surface area contributed by atoms with Crippen LogP contribution in [0.25, 0.3) is 0 Å². The van der Waals surface area contributed by atoms with E-state index < -0.39 is 33.6 Å². The highest BCUT2D eigenvalue weighted by molar-refractivity contribution is 7.89. The first-order chi connectivity index (χ1) is 12.8. The predicted molar refractivity (Wildman–Crippen MR) is 92.6 cm³/mol. The lowest BCUT2D eigenvalue weighted by Crippen LogP contribution is -2.40. The first kappa shape index (κ1) is 19.5. The quantitative estimate of drug-likeness (QED) is 0.802. The Hall–Kier alpha value is -2.30. The van der Waals surface area contributed by atoms with Gasteiger partial charge in [0.2, 0.25) is 10.0 Å². The summed E-state index contributed by atoms with van der Waals surface area (Å²) in [7, 11) is -3.74. The zero-order chi connectivity index (χ0) is 19.6. The van der Waals surface area contributed by atoms with E-state index in [4.69, 9.17) is 4.74 Å². The van der Waals surface area contributed by atoms with Crippen molar-refractivity contribution in [1.82, 2.24) is 14.6 Å². The van der Waals surface area contributed by atoms with Crippen LogP contribution < -0.4 is 5.32 Å². The molecule has 2 N–H and O–H groups in total. The number of nitrogens with one attached hydrogen (secondary N) is 2. The van der Waals surface area contributed by atoms with Crippen molar-refractivity contribution in [1.29, 1.82) is 0 Å². The maximum atomic E-state index is 13.8. The molecule has 0 radical (unpaired) electrons. The van der Waals surface area contributed by atoms with Gasteiger partial charge in [-0.1, -0.05) is 0 Å². The number of amides is 1. The van der Waals surface area contributed by atoms with E-state index in [1.807, 2.05) is 0 Å². The molecule has 0 bridgehead atoms. The van der Waals surface area contributed by atoms with Gasteiger partial charge in [-0.2, -0.15) is 4.31 Å². The van der Waals surface area contributed by atoms with Crippen LogP contribution in [0, 0.1) is 11.6 Å². The van der Waals surface area contributed by atoms with E-state index in [2.05, 4.69) is 10.3 Å². The van der Waals surface area contributed by atoms with Crippen molar-refractivity contribution >= 4 is 15.9 Å². The minimum absolute atomic E-state index is 0.00364. The molecule has 3 rings (SSSR count). The number of aromatic nitrogens is 1. The molecule has 7 nitrogen and oxygen atoms in total. The standard InChI is InChI=1S/C17H19F2N3O4S/c1-11(14-8-12(18)2-3-15(14)19)21-17(23)16-9-13(10-20-16)27(24,25)22-4-6-26-7-5-22/h2-3,8-11,20H,4-7H2,1H3,(H,21,23). The van der Waals surface area contributed by atoms with Crippen LogP contribution in [-0.2, 0) is 14.8 Å². The van der Waals surface area contributed by atoms with Crippen LogP contribution in [0.1, 0.15) is 29.0 Å². The van der Waals surface area contributed by atoms with Crippen LogP contribution in [0.5, 0.6) is 0 Å². The first-order valence-corrected chi connectivity index (χ1v) is 9.75. The average Bonchev–Trinajstić information content (AvgIpc) is 3.15. The van der Waals surface area contributed by atoms with Gasteiger partial charge < -0.3 is 15.0 Å². The highest BCUT2D eigenvalue weighted by atomic mass is 32.2. The van der Waals surface area contributed by atoms with Gasteiger partial charge >= 0.3 is 0 Å². The van der Waals surface area contributed by atoms with Crippen LogP contribution >= 0.6 is 0 Å². The Kier molecular flexibility index (Phi) is 5.59. The number of ether oxygens (including phenoxy) is 1. The molecule has 1 amide bonds. The highest BCUT2D eigenvalue weighted by Gasteiger charge is 2.28. The average molecular weight is 399 g/mol. The second-order valence-corrected chi connectivity index (χ2v) is 8.06. The third-order valence-corrected chi connectivity index (χ3v) is 6.16. The molecule has 1 atom stereocenters. The van der Waals surface area contributed by atoms with Gasteiger partial charge in [-0.3, -0.25) is 4.79 Å². The smallest absolute Gasteiger partial charge is 0.268 e. The van der Waals surface area contributed by atoms with Crippen molar-refractivity contribution < 1.29 is 26.7 Å². The second-order valence-electron chi connectivity index (χ2n) is 6.13. The summed E-state index contributed by atoms with van der Waals surface area (Å²) in [5, 5.41) is 2.52. The minimum Gasteiger partial charge on any atom is -0.379 e.